The van der Waals surface area contributed by atoms with Crippen molar-refractivity contribution in [3.05, 3.63) is 36.4 Å². The minimum Gasteiger partial charge on any atom is -0.450 e. The molecule has 0 spiro atoms. The molecular formula is C12H10N2O3. The third-order valence-electron chi connectivity index (χ3n) is 2.35. The summed E-state index contributed by atoms with van der Waals surface area (Å²) in [5.41, 5.74) is 11.0. The average molecular weight is 230 g/mol. The van der Waals surface area contributed by atoms with Crippen molar-refractivity contribution in [1.82, 2.24) is 0 Å². The van der Waals surface area contributed by atoms with Gasteiger partial charge in [-0.15, -0.1) is 0 Å². The predicted octanol–water partition coefficient (Wildman–Crippen LogP) is 2.96. The normalized spacial score (nSPS) is 10.8. The van der Waals surface area contributed by atoms with E-state index in [2.05, 4.69) is 0 Å². The van der Waals surface area contributed by atoms with E-state index in [9.17, 15) is 0 Å². The second kappa shape index (κ2) is 3.48. The summed E-state index contributed by atoms with van der Waals surface area (Å²) in [5.74, 6) is 3.03. The maximum atomic E-state index is 5.58. The Kier molecular flexibility index (Phi) is 1.98. The first-order valence-corrected chi connectivity index (χ1v) is 5.03. The zero-order valence-corrected chi connectivity index (χ0v) is 8.84. The largest absolute Gasteiger partial charge is 0.450 e. The minimum atomic E-state index is 0.347. The van der Waals surface area contributed by atoms with Crippen molar-refractivity contribution in [2.24, 2.45) is 0 Å². The summed E-state index contributed by atoms with van der Waals surface area (Å²) < 4.78 is 16.1. The van der Waals surface area contributed by atoms with Crippen LogP contribution in [0.1, 0.15) is 0 Å². The smallest absolute Gasteiger partial charge is 0.191 e. The number of rotatable bonds is 2. The first-order valence-electron chi connectivity index (χ1n) is 5.03. The van der Waals surface area contributed by atoms with Crippen LogP contribution in [0.3, 0.4) is 0 Å². The molecule has 0 aromatic carbocycles. The lowest BCUT2D eigenvalue weighted by atomic mass is 10.3. The summed E-state index contributed by atoms with van der Waals surface area (Å²) >= 11 is 0. The molecule has 5 nitrogen and oxygen atoms in total. The summed E-state index contributed by atoms with van der Waals surface area (Å²) in [7, 11) is 0. The highest BCUT2D eigenvalue weighted by atomic mass is 16.4. The van der Waals surface area contributed by atoms with Gasteiger partial charge in [0.15, 0.2) is 34.8 Å². The van der Waals surface area contributed by atoms with Gasteiger partial charge >= 0.3 is 0 Å². The fourth-order valence-corrected chi connectivity index (χ4v) is 1.57. The first kappa shape index (κ1) is 9.65. The van der Waals surface area contributed by atoms with Gasteiger partial charge in [0, 0.05) is 12.1 Å². The van der Waals surface area contributed by atoms with Crippen LogP contribution in [-0.2, 0) is 0 Å². The molecule has 0 aliphatic carbocycles. The van der Waals surface area contributed by atoms with Gasteiger partial charge < -0.3 is 24.7 Å². The maximum Gasteiger partial charge on any atom is 0.191 e. The highest BCUT2D eigenvalue weighted by Crippen LogP contribution is 2.31. The average Bonchev–Trinajstić information content (AvgIpc) is 2.96. The Morgan fingerprint density at radius 2 is 0.882 bits per heavy atom. The van der Waals surface area contributed by atoms with E-state index in [4.69, 9.17) is 24.7 Å². The third-order valence-corrected chi connectivity index (χ3v) is 2.35. The molecule has 3 rings (SSSR count). The number of hydrogen-bond acceptors (Lipinski definition) is 5. The molecule has 5 heteroatoms. The third kappa shape index (κ3) is 1.67. The van der Waals surface area contributed by atoms with E-state index in [0.29, 0.717) is 34.8 Å². The van der Waals surface area contributed by atoms with Gasteiger partial charge in [-0.3, -0.25) is 0 Å². The molecule has 0 amide bonds. The van der Waals surface area contributed by atoms with E-state index >= 15 is 0 Å². The monoisotopic (exact) mass is 230 g/mol. The molecule has 4 N–H and O–H groups in total. The molecule has 0 saturated heterocycles. The maximum absolute atomic E-state index is 5.58. The Bertz CT molecular complexity index is 593. The van der Waals surface area contributed by atoms with Gasteiger partial charge in [0.2, 0.25) is 0 Å². The van der Waals surface area contributed by atoms with Gasteiger partial charge in [0.05, 0.1) is 0 Å². The van der Waals surface area contributed by atoms with Crippen LogP contribution >= 0.6 is 0 Å². The predicted molar refractivity (Wildman–Crippen MR) is 62.9 cm³/mol. The van der Waals surface area contributed by atoms with Crippen molar-refractivity contribution in [2.45, 2.75) is 0 Å². The number of hydrogen-bond donors (Lipinski definition) is 2. The standard InChI is InChI=1S/C12H10N2O3/c13-11-5-3-9(16-11)7-1-2-8(15-7)10-4-6-12(14)17-10/h1-6H,13-14H2. The van der Waals surface area contributed by atoms with E-state index in [1.54, 1.807) is 36.4 Å². The molecule has 86 valence electrons. The molecule has 0 aliphatic heterocycles. The van der Waals surface area contributed by atoms with Crippen molar-refractivity contribution in [2.75, 3.05) is 11.5 Å². The molecule has 0 aliphatic rings. The van der Waals surface area contributed by atoms with Crippen molar-refractivity contribution in [1.29, 1.82) is 0 Å². The highest BCUT2D eigenvalue weighted by Gasteiger charge is 2.12. The Balaban J connectivity index is 1.98. The van der Waals surface area contributed by atoms with Gasteiger partial charge in [-0.1, -0.05) is 0 Å². The molecule has 0 radical (unpaired) electrons. The number of nitrogen functional groups attached to an aromatic ring is 2. The number of nitrogens with two attached hydrogens (primary N) is 2. The second-order valence-corrected chi connectivity index (χ2v) is 3.57. The Morgan fingerprint density at radius 3 is 1.24 bits per heavy atom. The van der Waals surface area contributed by atoms with E-state index in [0.717, 1.165) is 0 Å². The van der Waals surface area contributed by atoms with Crippen molar-refractivity contribution < 1.29 is 13.3 Å². The fraction of sp³-hybridized carbons (Fsp3) is 0. The van der Waals surface area contributed by atoms with Gasteiger partial charge in [0.25, 0.3) is 0 Å². The molecular weight excluding hydrogens is 220 g/mol. The Hall–Kier alpha value is -2.56. The summed E-state index contributed by atoms with van der Waals surface area (Å²) in [5, 5.41) is 0. The van der Waals surface area contributed by atoms with Crippen LogP contribution in [0.25, 0.3) is 23.0 Å². The summed E-state index contributed by atoms with van der Waals surface area (Å²) in [4.78, 5) is 0. The molecule has 0 atom stereocenters. The Labute approximate surface area is 96.6 Å². The molecule has 17 heavy (non-hydrogen) atoms. The van der Waals surface area contributed by atoms with E-state index < -0.39 is 0 Å². The molecule has 3 aromatic heterocycles. The lowest BCUT2D eigenvalue weighted by Crippen LogP contribution is -1.76. The zero-order valence-electron chi connectivity index (χ0n) is 8.84. The summed E-state index contributed by atoms with van der Waals surface area (Å²) in [6.45, 7) is 0. The molecule has 0 bridgehead atoms. The Morgan fingerprint density at radius 1 is 0.529 bits per heavy atom. The van der Waals surface area contributed by atoms with E-state index in [1.165, 1.54) is 0 Å². The molecule has 3 heterocycles. The lowest BCUT2D eigenvalue weighted by Gasteiger charge is -1.91. The van der Waals surface area contributed by atoms with Crippen LogP contribution in [0.5, 0.6) is 0 Å². The van der Waals surface area contributed by atoms with E-state index in [-0.39, 0.29) is 0 Å². The summed E-state index contributed by atoms with van der Waals surface area (Å²) in [6, 6.07) is 10.4. The van der Waals surface area contributed by atoms with Crippen LogP contribution in [0.15, 0.2) is 49.6 Å². The summed E-state index contributed by atoms with van der Waals surface area (Å²) in [6.07, 6.45) is 0. The molecule has 0 unspecified atom stereocenters. The first-order chi connectivity index (χ1) is 8.22. The molecule has 0 fully saturated rings. The fourth-order valence-electron chi connectivity index (χ4n) is 1.57. The van der Waals surface area contributed by atoms with Crippen LogP contribution in [-0.4, -0.2) is 0 Å². The quantitative estimate of drug-likeness (QED) is 0.706. The van der Waals surface area contributed by atoms with Crippen molar-refractivity contribution in [3.63, 3.8) is 0 Å². The number of anilines is 2. The molecule has 0 saturated carbocycles. The molecule has 3 aromatic rings. The van der Waals surface area contributed by atoms with Crippen molar-refractivity contribution >= 4 is 11.8 Å². The zero-order chi connectivity index (χ0) is 11.8. The van der Waals surface area contributed by atoms with Gasteiger partial charge in [-0.2, -0.15) is 0 Å². The van der Waals surface area contributed by atoms with Gasteiger partial charge in [-0.05, 0) is 24.3 Å². The highest BCUT2D eigenvalue weighted by molar-refractivity contribution is 5.60. The number of furan rings is 3. The minimum absolute atomic E-state index is 0.347. The van der Waals surface area contributed by atoms with Crippen molar-refractivity contribution in [3.8, 4) is 23.0 Å². The lowest BCUT2D eigenvalue weighted by molar-refractivity contribution is 0.518. The van der Waals surface area contributed by atoms with Crippen LogP contribution in [0.2, 0.25) is 0 Å². The van der Waals surface area contributed by atoms with Gasteiger partial charge in [-0.25, -0.2) is 0 Å². The topological polar surface area (TPSA) is 91.5 Å². The van der Waals surface area contributed by atoms with Crippen LogP contribution < -0.4 is 11.5 Å². The van der Waals surface area contributed by atoms with E-state index in [1.807, 2.05) is 0 Å². The van der Waals surface area contributed by atoms with Crippen LogP contribution in [0, 0.1) is 0 Å². The van der Waals surface area contributed by atoms with Gasteiger partial charge in [0.1, 0.15) is 0 Å². The SMILES string of the molecule is Nc1ccc(-c2ccc(-c3ccc(N)o3)o2)o1. The van der Waals surface area contributed by atoms with Crippen LogP contribution in [0.4, 0.5) is 11.8 Å². The second-order valence-electron chi connectivity index (χ2n) is 3.57.